The normalized spacial score (nSPS) is 16.5. The molecule has 0 spiro atoms. The highest BCUT2D eigenvalue weighted by Crippen LogP contribution is 2.29. The number of H-pyrrole nitrogens is 1. The summed E-state index contributed by atoms with van der Waals surface area (Å²) in [7, 11) is 0. The molecule has 5 heteroatoms. The van der Waals surface area contributed by atoms with E-state index in [9.17, 15) is 0 Å². The molecule has 0 amide bonds. The summed E-state index contributed by atoms with van der Waals surface area (Å²) in [6.45, 7) is 20.5. The number of hydrogen-bond acceptors (Lipinski definition) is 4. The summed E-state index contributed by atoms with van der Waals surface area (Å²) in [5.41, 5.74) is 7.83. The molecule has 5 nitrogen and oxygen atoms in total. The van der Waals surface area contributed by atoms with E-state index in [1.54, 1.807) is 0 Å². The maximum atomic E-state index is 9.16. The Hall–Kier alpha value is -2.99. The Morgan fingerprint density at radius 3 is 2.46 bits per heavy atom. The van der Waals surface area contributed by atoms with Crippen LogP contribution in [0.25, 0.3) is 22.2 Å². The van der Waals surface area contributed by atoms with E-state index in [0.29, 0.717) is 0 Å². The van der Waals surface area contributed by atoms with Gasteiger partial charge in [-0.2, -0.15) is 0 Å². The lowest BCUT2D eigenvalue weighted by Crippen LogP contribution is -2.47. The number of pyridine rings is 1. The van der Waals surface area contributed by atoms with Crippen molar-refractivity contribution in [1.29, 1.82) is 0 Å². The van der Waals surface area contributed by atoms with Gasteiger partial charge in [-0.25, -0.2) is 4.98 Å². The number of aromatic amines is 1. The molecule has 0 aromatic carbocycles. The number of hydrogen-bond donors (Lipinski definition) is 2. The van der Waals surface area contributed by atoms with Crippen LogP contribution in [0.2, 0.25) is 0 Å². The topological polar surface area (TPSA) is 55.4 Å². The van der Waals surface area contributed by atoms with E-state index in [-0.39, 0.29) is 6.61 Å². The van der Waals surface area contributed by atoms with Gasteiger partial charge >= 0.3 is 0 Å². The molecule has 1 aliphatic rings. The molecule has 186 valence electrons. The lowest BCUT2D eigenvalue weighted by atomic mass is 10.00. The van der Waals surface area contributed by atoms with Gasteiger partial charge in [0.15, 0.2) is 0 Å². The molecule has 2 N–H and O–H groups in total. The molecule has 2 aromatic rings. The second kappa shape index (κ2) is 13.2. The average molecular weight is 473 g/mol. The number of allylic oxidation sites excluding steroid dienone is 9. The standard InChI is InChI=1S/C30H40N4O/c1-6-9-26(18-23(4)5)29-21-32-30-28(29)19-27(20-31-30)25(8-3)11-10-24(7-2)22-34-14-12-33(13-15-34)16-17-35/h6,8-11,18-21,35H,1,3,7,12-17,22H2,2,4-5H3,(H,31,32)/b24-10+,25-11+,26-9+. The second-order valence-electron chi connectivity index (χ2n) is 9.25. The SMILES string of the molecule is C=C/C=C(\C=C(C)C)c1c[nH]c2ncc(/C(C=C)=C/C=C(\CC)CN3CCN(CCO)CC3)cc12. The molecule has 0 radical (unpaired) electrons. The van der Waals surface area contributed by atoms with E-state index in [1.165, 1.54) is 11.1 Å². The Morgan fingerprint density at radius 2 is 1.83 bits per heavy atom. The van der Waals surface area contributed by atoms with E-state index >= 15 is 0 Å². The molecule has 2 aromatic heterocycles. The summed E-state index contributed by atoms with van der Waals surface area (Å²) in [6.07, 6.45) is 17.3. The minimum Gasteiger partial charge on any atom is -0.395 e. The number of aromatic nitrogens is 2. The predicted octanol–water partition coefficient (Wildman–Crippen LogP) is 5.61. The highest BCUT2D eigenvalue weighted by molar-refractivity contribution is 5.95. The van der Waals surface area contributed by atoms with Gasteiger partial charge in [0, 0.05) is 68.2 Å². The molecule has 0 atom stereocenters. The Bertz CT molecular complexity index is 1140. The van der Waals surface area contributed by atoms with Crippen LogP contribution in [0.4, 0.5) is 0 Å². The zero-order valence-electron chi connectivity index (χ0n) is 21.6. The lowest BCUT2D eigenvalue weighted by molar-refractivity contribution is 0.118. The van der Waals surface area contributed by atoms with Crippen molar-refractivity contribution in [2.75, 3.05) is 45.9 Å². The Balaban J connectivity index is 1.84. The van der Waals surface area contributed by atoms with Crippen LogP contribution in [0.5, 0.6) is 0 Å². The second-order valence-corrected chi connectivity index (χ2v) is 9.25. The molecule has 1 saturated heterocycles. The van der Waals surface area contributed by atoms with Crippen LogP contribution in [0.15, 0.2) is 79.2 Å². The Morgan fingerprint density at radius 1 is 1.09 bits per heavy atom. The number of nitrogens with zero attached hydrogens (tertiary/aromatic N) is 3. The molecule has 35 heavy (non-hydrogen) atoms. The van der Waals surface area contributed by atoms with Gasteiger partial charge in [0.25, 0.3) is 0 Å². The van der Waals surface area contributed by atoms with Gasteiger partial charge in [-0.3, -0.25) is 9.80 Å². The van der Waals surface area contributed by atoms with E-state index in [1.807, 2.05) is 30.6 Å². The van der Waals surface area contributed by atoms with Gasteiger partial charge in [0.1, 0.15) is 5.65 Å². The summed E-state index contributed by atoms with van der Waals surface area (Å²) in [5, 5.41) is 10.2. The average Bonchev–Trinajstić information content (AvgIpc) is 3.28. The minimum absolute atomic E-state index is 0.237. The number of nitrogens with one attached hydrogen (secondary N) is 1. The van der Waals surface area contributed by atoms with Gasteiger partial charge in [-0.15, -0.1) is 0 Å². The Labute approximate surface area is 210 Å². The van der Waals surface area contributed by atoms with Gasteiger partial charge in [0.2, 0.25) is 0 Å². The van der Waals surface area contributed by atoms with Gasteiger partial charge in [0.05, 0.1) is 6.61 Å². The highest BCUT2D eigenvalue weighted by Gasteiger charge is 2.16. The van der Waals surface area contributed by atoms with Crippen molar-refractivity contribution in [1.82, 2.24) is 19.8 Å². The van der Waals surface area contributed by atoms with Crippen LogP contribution < -0.4 is 0 Å². The van der Waals surface area contributed by atoms with Crippen LogP contribution in [-0.2, 0) is 0 Å². The van der Waals surface area contributed by atoms with Crippen LogP contribution in [-0.4, -0.2) is 70.7 Å². The van der Waals surface area contributed by atoms with Crippen molar-refractivity contribution in [3.05, 3.63) is 90.3 Å². The molecule has 0 unspecified atom stereocenters. The first-order valence-electron chi connectivity index (χ1n) is 12.5. The molecule has 3 rings (SSSR count). The van der Waals surface area contributed by atoms with Gasteiger partial charge < -0.3 is 10.1 Å². The van der Waals surface area contributed by atoms with E-state index in [0.717, 1.165) is 79.0 Å². The monoisotopic (exact) mass is 472 g/mol. The van der Waals surface area contributed by atoms with Crippen LogP contribution in [0.1, 0.15) is 38.3 Å². The van der Waals surface area contributed by atoms with Crippen molar-refractivity contribution in [3.8, 4) is 0 Å². The van der Waals surface area contributed by atoms with Crippen LogP contribution in [0, 0.1) is 0 Å². The number of rotatable bonds is 11. The highest BCUT2D eigenvalue weighted by atomic mass is 16.3. The molecule has 1 aliphatic heterocycles. The maximum absolute atomic E-state index is 9.16. The zero-order chi connectivity index (χ0) is 25.2. The molecule has 0 saturated carbocycles. The van der Waals surface area contributed by atoms with E-state index < -0.39 is 0 Å². The summed E-state index contributed by atoms with van der Waals surface area (Å²) in [4.78, 5) is 12.8. The fraction of sp³-hybridized carbons (Fsp3) is 0.367. The third-order valence-corrected chi connectivity index (χ3v) is 6.40. The first-order valence-corrected chi connectivity index (χ1v) is 12.5. The molecular weight excluding hydrogens is 432 g/mol. The van der Waals surface area contributed by atoms with Crippen molar-refractivity contribution in [2.45, 2.75) is 27.2 Å². The number of aliphatic hydroxyl groups is 1. The fourth-order valence-corrected chi connectivity index (χ4v) is 4.43. The maximum Gasteiger partial charge on any atom is 0.137 e. The smallest absolute Gasteiger partial charge is 0.137 e. The summed E-state index contributed by atoms with van der Waals surface area (Å²) in [6, 6.07) is 2.19. The number of β-amino-alcohol motifs (C(OH)–C–C–N with tert-alkyl or cyclic N) is 1. The predicted molar refractivity (Wildman–Crippen MR) is 150 cm³/mol. The summed E-state index contributed by atoms with van der Waals surface area (Å²) in [5.74, 6) is 0. The van der Waals surface area contributed by atoms with Crippen molar-refractivity contribution >= 4 is 22.2 Å². The quantitative estimate of drug-likeness (QED) is 0.417. The third-order valence-electron chi connectivity index (χ3n) is 6.40. The minimum atomic E-state index is 0.237. The molecular formula is C30H40N4O. The number of aliphatic hydroxyl groups excluding tert-OH is 1. The first-order chi connectivity index (χ1) is 17.0. The molecule has 0 aliphatic carbocycles. The molecule has 3 heterocycles. The van der Waals surface area contributed by atoms with Crippen molar-refractivity contribution in [2.24, 2.45) is 0 Å². The van der Waals surface area contributed by atoms with Crippen molar-refractivity contribution in [3.63, 3.8) is 0 Å². The van der Waals surface area contributed by atoms with E-state index in [2.05, 4.69) is 78.0 Å². The zero-order valence-corrected chi connectivity index (χ0v) is 21.6. The molecule has 1 fully saturated rings. The molecule has 0 bridgehead atoms. The van der Waals surface area contributed by atoms with Gasteiger partial charge in [-0.05, 0) is 37.5 Å². The van der Waals surface area contributed by atoms with Gasteiger partial charge in [-0.1, -0.05) is 67.7 Å². The number of fused-ring (bicyclic) bond motifs is 1. The Kier molecular flexibility index (Phi) is 10.0. The third kappa shape index (κ3) is 7.25. The van der Waals surface area contributed by atoms with Crippen LogP contribution in [0.3, 0.4) is 0 Å². The van der Waals surface area contributed by atoms with E-state index in [4.69, 9.17) is 5.11 Å². The van der Waals surface area contributed by atoms with Crippen molar-refractivity contribution < 1.29 is 5.11 Å². The summed E-state index contributed by atoms with van der Waals surface area (Å²) >= 11 is 0. The lowest BCUT2D eigenvalue weighted by Gasteiger charge is -2.34. The summed E-state index contributed by atoms with van der Waals surface area (Å²) < 4.78 is 0. The fourth-order valence-electron chi connectivity index (χ4n) is 4.43. The first kappa shape index (κ1) is 26.6. The largest absolute Gasteiger partial charge is 0.395 e. The van der Waals surface area contributed by atoms with Crippen LogP contribution >= 0.6 is 0 Å². The number of piperazine rings is 1.